The second-order valence-corrected chi connectivity index (χ2v) is 11.6. The Morgan fingerprint density at radius 1 is 0.619 bits per heavy atom. The number of aryl methyl sites for hydroxylation is 3. The molecule has 3 aliphatic rings. The maximum atomic E-state index is 11.3. The summed E-state index contributed by atoms with van der Waals surface area (Å²) in [5.41, 5.74) is 9.73. The monoisotopic (exact) mass is 630 g/mol. The van der Waals surface area contributed by atoms with E-state index in [2.05, 4.69) is 39.7 Å². The van der Waals surface area contributed by atoms with E-state index in [1.165, 1.54) is 42.0 Å². The molecule has 0 heterocycles. The number of carbonyl (C=O) groups is 4. The van der Waals surface area contributed by atoms with Crippen LogP contribution >= 0.6 is 15.9 Å². The molecule has 0 radical (unpaired) electrons. The molecule has 0 fully saturated rings. The van der Waals surface area contributed by atoms with Gasteiger partial charge < -0.3 is 9.47 Å². The van der Waals surface area contributed by atoms with Crippen LogP contribution in [0.2, 0.25) is 0 Å². The van der Waals surface area contributed by atoms with Crippen molar-refractivity contribution in [2.24, 2.45) is 0 Å². The van der Waals surface area contributed by atoms with E-state index < -0.39 is 0 Å². The molecule has 0 saturated heterocycles. The van der Waals surface area contributed by atoms with Crippen LogP contribution in [0.3, 0.4) is 0 Å². The van der Waals surface area contributed by atoms with Crippen LogP contribution in [-0.2, 0) is 51.2 Å². The van der Waals surface area contributed by atoms with Gasteiger partial charge in [-0.05, 0) is 102 Å². The van der Waals surface area contributed by atoms with Gasteiger partial charge in [0.15, 0.2) is 0 Å². The van der Waals surface area contributed by atoms with Crippen LogP contribution in [0.25, 0.3) is 6.08 Å². The molecule has 0 aromatic heterocycles. The average molecular weight is 632 g/mol. The Balaban J connectivity index is 0.000000146. The SMILES string of the molecule is COC(=O)c1ccc2c(c1)CCC(=O)C2.COC(=O)c1ccc2c(c1)CCC(C)=C2.O=C1CCc2cc(Br)ccc2C1. The number of methoxy groups -OCH3 is 2. The summed E-state index contributed by atoms with van der Waals surface area (Å²) in [6.07, 6.45) is 8.34. The predicted molar refractivity (Wildman–Crippen MR) is 166 cm³/mol. The van der Waals surface area contributed by atoms with Gasteiger partial charge in [-0.25, -0.2) is 9.59 Å². The summed E-state index contributed by atoms with van der Waals surface area (Å²) in [6.45, 7) is 2.14. The Morgan fingerprint density at radius 2 is 1.12 bits per heavy atom. The van der Waals surface area contributed by atoms with Crippen LogP contribution in [0, 0.1) is 0 Å². The van der Waals surface area contributed by atoms with Gasteiger partial charge >= 0.3 is 11.9 Å². The van der Waals surface area contributed by atoms with Crippen molar-refractivity contribution < 1.29 is 28.7 Å². The number of rotatable bonds is 2. The van der Waals surface area contributed by atoms with Crippen molar-refractivity contribution in [1.29, 1.82) is 0 Å². The summed E-state index contributed by atoms with van der Waals surface area (Å²) in [5.74, 6) is 0.0527. The van der Waals surface area contributed by atoms with Gasteiger partial charge in [0, 0.05) is 30.2 Å². The first-order valence-electron chi connectivity index (χ1n) is 14.1. The number of esters is 2. The normalized spacial score (nSPS) is 14.8. The van der Waals surface area contributed by atoms with Crippen molar-refractivity contribution in [1.82, 2.24) is 0 Å². The van der Waals surface area contributed by atoms with Crippen molar-refractivity contribution in [3.05, 3.63) is 109 Å². The van der Waals surface area contributed by atoms with Gasteiger partial charge in [-0.3, -0.25) is 9.59 Å². The summed E-state index contributed by atoms with van der Waals surface area (Å²) in [5, 5.41) is 0. The Morgan fingerprint density at radius 3 is 1.71 bits per heavy atom. The minimum atomic E-state index is -0.324. The van der Waals surface area contributed by atoms with Crippen molar-refractivity contribution in [2.75, 3.05) is 14.2 Å². The number of carbonyl (C=O) groups excluding carboxylic acids is 4. The van der Waals surface area contributed by atoms with Crippen LogP contribution < -0.4 is 0 Å². The zero-order valence-corrected chi connectivity index (χ0v) is 25.8. The quantitative estimate of drug-likeness (QED) is 0.288. The molecule has 3 aliphatic carbocycles. The van der Waals surface area contributed by atoms with E-state index in [1.807, 2.05) is 42.5 Å². The van der Waals surface area contributed by atoms with Crippen LogP contribution in [0.1, 0.15) is 80.3 Å². The minimum absolute atomic E-state index is 0.260. The zero-order valence-electron chi connectivity index (χ0n) is 24.3. The zero-order chi connectivity index (χ0) is 30.2. The van der Waals surface area contributed by atoms with Crippen molar-refractivity contribution in [2.45, 2.75) is 58.3 Å². The lowest BCUT2D eigenvalue weighted by molar-refractivity contribution is -0.119. The van der Waals surface area contributed by atoms with Crippen LogP contribution in [0.15, 0.2) is 64.6 Å². The van der Waals surface area contributed by atoms with Gasteiger partial charge in [-0.1, -0.05) is 45.8 Å². The molecule has 218 valence electrons. The lowest BCUT2D eigenvalue weighted by Crippen LogP contribution is -2.14. The van der Waals surface area contributed by atoms with E-state index in [0.717, 1.165) is 41.3 Å². The molecule has 0 amide bonds. The summed E-state index contributed by atoms with van der Waals surface area (Å²) in [4.78, 5) is 44.9. The Bertz CT molecular complexity index is 1550. The van der Waals surface area contributed by atoms with E-state index in [0.29, 0.717) is 42.6 Å². The fraction of sp³-hybridized carbons (Fsp3) is 0.314. The minimum Gasteiger partial charge on any atom is -0.465 e. The molecule has 0 bridgehead atoms. The van der Waals surface area contributed by atoms with Crippen molar-refractivity contribution >= 4 is 45.5 Å². The van der Waals surface area contributed by atoms with Gasteiger partial charge in [0.05, 0.1) is 25.3 Å². The first kappa shape index (κ1) is 31.1. The Labute approximate surface area is 255 Å². The summed E-state index contributed by atoms with van der Waals surface area (Å²) in [7, 11) is 2.77. The highest BCUT2D eigenvalue weighted by molar-refractivity contribution is 9.10. The summed E-state index contributed by atoms with van der Waals surface area (Å²) in [6, 6.07) is 17.3. The molecule has 0 saturated carbocycles. The number of hydrogen-bond donors (Lipinski definition) is 0. The molecule has 3 aromatic carbocycles. The van der Waals surface area contributed by atoms with Crippen LogP contribution in [0.5, 0.6) is 0 Å². The molecule has 6 nitrogen and oxygen atoms in total. The standard InChI is InChI=1S/C13H14O2.C12H12O3.C10H9BrO/c1-9-3-4-11-8-12(13(14)15-2)6-5-10(11)7-9;1-15-12(14)10-3-2-9-7-11(13)5-4-8(9)6-10;11-9-3-1-8-6-10(12)4-2-7(8)5-9/h5-8H,3-4H2,1-2H3;2-3,6H,4-5,7H2,1H3;1,3,5H,2,4,6H2. The Hall–Kier alpha value is -3.84. The molecular weight excluding hydrogens is 596 g/mol. The average Bonchev–Trinajstić information content (AvgIpc) is 3.00. The number of hydrogen-bond acceptors (Lipinski definition) is 6. The van der Waals surface area contributed by atoms with Gasteiger partial charge in [-0.2, -0.15) is 0 Å². The molecule has 42 heavy (non-hydrogen) atoms. The van der Waals surface area contributed by atoms with Crippen LogP contribution in [-0.4, -0.2) is 37.7 Å². The van der Waals surface area contributed by atoms with Crippen molar-refractivity contribution in [3.63, 3.8) is 0 Å². The molecule has 7 heteroatoms. The maximum absolute atomic E-state index is 11.3. The molecule has 3 aromatic rings. The maximum Gasteiger partial charge on any atom is 0.337 e. The number of fused-ring (bicyclic) bond motifs is 3. The largest absolute Gasteiger partial charge is 0.465 e. The van der Waals surface area contributed by atoms with E-state index in [-0.39, 0.29) is 17.7 Å². The number of benzene rings is 3. The molecular formula is C35H35BrO6. The van der Waals surface area contributed by atoms with E-state index in [9.17, 15) is 19.2 Å². The van der Waals surface area contributed by atoms with E-state index in [4.69, 9.17) is 4.74 Å². The molecule has 0 atom stereocenters. The number of ether oxygens (including phenoxy) is 2. The highest BCUT2D eigenvalue weighted by Crippen LogP contribution is 2.25. The predicted octanol–water partition coefficient (Wildman–Crippen LogP) is 6.86. The second-order valence-electron chi connectivity index (χ2n) is 10.7. The van der Waals surface area contributed by atoms with Gasteiger partial charge in [0.25, 0.3) is 0 Å². The fourth-order valence-electron chi connectivity index (χ4n) is 5.30. The Kier molecular flexibility index (Phi) is 10.6. The molecule has 0 unspecified atom stereocenters. The number of Topliss-reactive ketones (excluding diaryl/α,β-unsaturated/α-hetero) is 2. The van der Waals surface area contributed by atoms with Crippen LogP contribution in [0.4, 0.5) is 0 Å². The molecule has 0 N–H and O–H groups in total. The number of allylic oxidation sites excluding steroid dienone is 1. The highest BCUT2D eigenvalue weighted by atomic mass is 79.9. The second kappa shape index (κ2) is 14.4. The third-order valence-electron chi connectivity index (χ3n) is 7.67. The molecule has 6 rings (SSSR count). The number of halogens is 1. The van der Waals surface area contributed by atoms with Gasteiger partial charge in [0.2, 0.25) is 0 Å². The highest BCUT2D eigenvalue weighted by Gasteiger charge is 2.18. The first-order chi connectivity index (χ1) is 20.2. The summed E-state index contributed by atoms with van der Waals surface area (Å²) >= 11 is 3.42. The van der Waals surface area contributed by atoms with E-state index >= 15 is 0 Å². The summed E-state index contributed by atoms with van der Waals surface area (Å²) < 4.78 is 10.4. The first-order valence-corrected chi connectivity index (χ1v) is 14.9. The van der Waals surface area contributed by atoms with Crippen molar-refractivity contribution in [3.8, 4) is 0 Å². The molecule has 0 spiro atoms. The van der Waals surface area contributed by atoms with E-state index in [1.54, 1.807) is 6.07 Å². The topological polar surface area (TPSA) is 86.7 Å². The fourth-order valence-corrected chi connectivity index (χ4v) is 5.71. The lowest BCUT2D eigenvalue weighted by Gasteiger charge is -2.15. The number of ketones is 2. The lowest BCUT2D eigenvalue weighted by atomic mass is 9.89. The van der Waals surface area contributed by atoms with Gasteiger partial charge in [0.1, 0.15) is 11.6 Å². The smallest absolute Gasteiger partial charge is 0.337 e. The third-order valence-corrected chi connectivity index (χ3v) is 8.17. The molecule has 0 aliphatic heterocycles. The third kappa shape index (κ3) is 8.13. The van der Waals surface area contributed by atoms with Gasteiger partial charge in [-0.15, -0.1) is 0 Å².